The molecule has 0 saturated heterocycles. The van der Waals surface area contributed by atoms with Crippen LogP contribution in [0.3, 0.4) is 0 Å². The first-order valence-corrected chi connectivity index (χ1v) is 10.4. The van der Waals surface area contributed by atoms with Gasteiger partial charge in [0.05, 0.1) is 22.4 Å². The average molecular weight is 436 g/mol. The van der Waals surface area contributed by atoms with E-state index in [1.54, 1.807) is 30.0 Å². The molecule has 0 spiro atoms. The van der Waals surface area contributed by atoms with Crippen LogP contribution in [0.2, 0.25) is 10.0 Å². The van der Waals surface area contributed by atoms with E-state index >= 15 is 0 Å². The van der Waals surface area contributed by atoms with E-state index in [4.69, 9.17) is 33.7 Å². The van der Waals surface area contributed by atoms with Crippen molar-refractivity contribution in [3.8, 4) is 5.75 Å². The van der Waals surface area contributed by atoms with Gasteiger partial charge in [0.15, 0.2) is 5.75 Å². The third-order valence-corrected chi connectivity index (χ3v) is 5.23. The van der Waals surface area contributed by atoms with Crippen LogP contribution in [0.25, 0.3) is 0 Å². The molecule has 1 heterocycles. The molecule has 2 aromatic carbocycles. The fraction of sp³-hybridized carbons (Fsp3) is 0.211. The molecule has 0 saturated carbocycles. The summed E-state index contributed by atoms with van der Waals surface area (Å²) in [6, 6.07) is 13.2. The first kappa shape index (κ1) is 20.5. The van der Waals surface area contributed by atoms with Crippen LogP contribution in [0.5, 0.6) is 5.75 Å². The van der Waals surface area contributed by atoms with Crippen molar-refractivity contribution in [2.45, 2.75) is 12.7 Å². The third kappa shape index (κ3) is 5.64. The number of ether oxygens (including phenoxy) is 1. The number of para-hydroxylation sites is 2. The number of nitrogens with zero attached hydrogens (tertiary/aromatic N) is 3. The number of hydrogen-bond donors (Lipinski definition) is 2. The quantitative estimate of drug-likeness (QED) is 0.474. The van der Waals surface area contributed by atoms with Gasteiger partial charge in [-0.25, -0.2) is 0 Å². The van der Waals surface area contributed by atoms with Crippen LogP contribution in [-0.4, -0.2) is 27.3 Å². The standard InChI is InChI=1S/C19H19Cl2N5OS/c1-12-5-2-3-8-15(12)23-19-25-16(24-18(22)26-19)11-28-10-9-27-17-13(20)6-4-7-14(17)21/h2-8H,9-11H2,1H3,(H3,22,23,24,25,26). The lowest BCUT2D eigenvalue weighted by atomic mass is 10.2. The summed E-state index contributed by atoms with van der Waals surface area (Å²) in [5.74, 6) is 3.00. The fourth-order valence-electron chi connectivity index (χ4n) is 2.38. The van der Waals surface area contributed by atoms with Crippen molar-refractivity contribution in [1.29, 1.82) is 0 Å². The molecular formula is C19H19Cl2N5OS. The second-order valence-electron chi connectivity index (χ2n) is 5.83. The van der Waals surface area contributed by atoms with E-state index in [0.29, 0.717) is 45.7 Å². The third-order valence-electron chi connectivity index (χ3n) is 3.71. The smallest absolute Gasteiger partial charge is 0.232 e. The van der Waals surface area contributed by atoms with Gasteiger partial charge in [0.25, 0.3) is 0 Å². The number of benzene rings is 2. The van der Waals surface area contributed by atoms with Crippen molar-refractivity contribution >= 4 is 52.5 Å². The number of nitrogen functional groups attached to an aromatic ring is 1. The number of aromatic nitrogens is 3. The maximum absolute atomic E-state index is 6.09. The summed E-state index contributed by atoms with van der Waals surface area (Å²) in [6.07, 6.45) is 0. The molecule has 0 aliphatic heterocycles. The first-order valence-electron chi connectivity index (χ1n) is 8.50. The number of aryl methyl sites for hydroxylation is 1. The second-order valence-corrected chi connectivity index (χ2v) is 7.74. The summed E-state index contributed by atoms with van der Waals surface area (Å²) in [4.78, 5) is 12.8. The van der Waals surface area contributed by atoms with Crippen LogP contribution >= 0.6 is 35.0 Å². The van der Waals surface area contributed by atoms with Crippen molar-refractivity contribution in [3.05, 3.63) is 63.9 Å². The van der Waals surface area contributed by atoms with Gasteiger partial charge >= 0.3 is 0 Å². The summed E-state index contributed by atoms with van der Waals surface area (Å²) in [5.41, 5.74) is 7.84. The Morgan fingerprint density at radius 3 is 2.54 bits per heavy atom. The number of hydrogen-bond acceptors (Lipinski definition) is 7. The number of anilines is 3. The molecule has 9 heteroatoms. The van der Waals surface area contributed by atoms with Crippen LogP contribution in [0.1, 0.15) is 11.4 Å². The van der Waals surface area contributed by atoms with Crippen LogP contribution in [0, 0.1) is 6.92 Å². The Hall–Kier alpha value is -2.22. The summed E-state index contributed by atoms with van der Waals surface area (Å²) >= 11 is 13.8. The number of nitrogens with one attached hydrogen (secondary N) is 1. The Bertz CT molecular complexity index is 937. The van der Waals surface area contributed by atoms with Gasteiger partial charge in [-0.05, 0) is 30.7 Å². The number of nitrogens with two attached hydrogens (primary N) is 1. The molecule has 146 valence electrons. The molecule has 0 bridgehead atoms. The largest absolute Gasteiger partial charge is 0.490 e. The van der Waals surface area contributed by atoms with E-state index < -0.39 is 0 Å². The fourth-order valence-corrected chi connectivity index (χ4v) is 3.54. The van der Waals surface area contributed by atoms with Crippen LogP contribution in [-0.2, 0) is 5.75 Å². The van der Waals surface area contributed by atoms with Crippen molar-refractivity contribution in [2.75, 3.05) is 23.4 Å². The average Bonchev–Trinajstić information content (AvgIpc) is 2.65. The summed E-state index contributed by atoms with van der Waals surface area (Å²) in [5, 5.41) is 4.17. The monoisotopic (exact) mass is 435 g/mol. The number of thioether (sulfide) groups is 1. The van der Waals surface area contributed by atoms with E-state index in [0.717, 1.165) is 11.3 Å². The minimum absolute atomic E-state index is 0.181. The summed E-state index contributed by atoms with van der Waals surface area (Å²) in [6.45, 7) is 2.47. The molecule has 3 N–H and O–H groups in total. The lowest BCUT2D eigenvalue weighted by Gasteiger charge is -2.10. The Labute approximate surface area is 177 Å². The van der Waals surface area contributed by atoms with Crippen molar-refractivity contribution in [1.82, 2.24) is 15.0 Å². The van der Waals surface area contributed by atoms with Gasteiger partial charge in [-0.3, -0.25) is 0 Å². The molecule has 0 unspecified atom stereocenters. The van der Waals surface area contributed by atoms with E-state index in [1.807, 2.05) is 31.2 Å². The highest BCUT2D eigenvalue weighted by molar-refractivity contribution is 7.98. The maximum Gasteiger partial charge on any atom is 0.232 e. The lowest BCUT2D eigenvalue weighted by molar-refractivity contribution is 0.344. The predicted octanol–water partition coefficient (Wildman–Crippen LogP) is 5.12. The van der Waals surface area contributed by atoms with Crippen LogP contribution in [0.4, 0.5) is 17.6 Å². The highest BCUT2D eigenvalue weighted by atomic mass is 35.5. The molecule has 6 nitrogen and oxygen atoms in total. The highest BCUT2D eigenvalue weighted by Crippen LogP contribution is 2.32. The molecule has 0 aliphatic carbocycles. The highest BCUT2D eigenvalue weighted by Gasteiger charge is 2.08. The molecule has 1 aromatic heterocycles. The van der Waals surface area contributed by atoms with Gasteiger partial charge in [-0.1, -0.05) is 47.5 Å². The zero-order chi connectivity index (χ0) is 19.9. The minimum Gasteiger partial charge on any atom is -0.490 e. The summed E-state index contributed by atoms with van der Waals surface area (Å²) < 4.78 is 5.67. The second kappa shape index (κ2) is 9.82. The van der Waals surface area contributed by atoms with Gasteiger partial charge in [0.2, 0.25) is 11.9 Å². The molecule has 3 aromatic rings. The van der Waals surface area contributed by atoms with Crippen molar-refractivity contribution < 1.29 is 4.74 Å². The topological polar surface area (TPSA) is 86.0 Å². The van der Waals surface area contributed by atoms with E-state index in [-0.39, 0.29) is 5.95 Å². The first-order chi connectivity index (χ1) is 13.5. The zero-order valence-corrected chi connectivity index (χ0v) is 17.5. The maximum atomic E-state index is 6.09. The number of halogens is 2. The molecule has 0 fully saturated rings. The molecule has 0 amide bonds. The normalized spacial score (nSPS) is 10.7. The SMILES string of the molecule is Cc1ccccc1Nc1nc(N)nc(CSCCOc2c(Cl)cccc2Cl)n1. The number of rotatable bonds is 8. The van der Waals surface area contributed by atoms with E-state index in [9.17, 15) is 0 Å². The van der Waals surface area contributed by atoms with Gasteiger partial charge in [0, 0.05) is 11.4 Å². The molecular weight excluding hydrogens is 417 g/mol. The molecule has 0 radical (unpaired) electrons. The Kier molecular flexibility index (Phi) is 7.19. The molecule has 3 rings (SSSR count). The molecule has 0 atom stereocenters. The Morgan fingerprint density at radius 1 is 1.04 bits per heavy atom. The van der Waals surface area contributed by atoms with E-state index in [2.05, 4.69) is 20.3 Å². The Balaban J connectivity index is 1.53. The van der Waals surface area contributed by atoms with Crippen LogP contribution < -0.4 is 15.8 Å². The predicted molar refractivity (Wildman–Crippen MR) is 117 cm³/mol. The van der Waals surface area contributed by atoms with Crippen LogP contribution in [0.15, 0.2) is 42.5 Å². The molecule has 0 aliphatic rings. The zero-order valence-electron chi connectivity index (χ0n) is 15.2. The van der Waals surface area contributed by atoms with Gasteiger partial charge in [0.1, 0.15) is 5.82 Å². The lowest BCUT2D eigenvalue weighted by Crippen LogP contribution is -2.08. The van der Waals surface area contributed by atoms with Gasteiger partial charge in [-0.15, -0.1) is 0 Å². The van der Waals surface area contributed by atoms with Crippen molar-refractivity contribution in [2.24, 2.45) is 0 Å². The Morgan fingerprint density at radius 2 is 1.79 bits per heavy atom. The van der Waals surface area contributed by atoms with E-state index in [1.165, 1.54) is 0 Å². The van der Waals surface area contributed by atoms with Gasteiger partial charge in [-0.2, -0.15) is 26.7 Å². The molecule has 28 heavy (non-hydrogen) atoms. The van der Waals surface area contributed by atoms with Crippen molar-refractivity contribution in [3.63, 3.8) is 0 Å². The van der Waals surface area contributed by atoms with Gasteiger partial charge < -0.3 is 15.8 Å². The minimum atomic E-state index is 0.181. The summed E-state index contributed by atoms with van der Waals surface area (Å²) in [7, 11) is 0.